The van der Waals surface area contributed by atoms with Crippen molar-refractivity contribution < 1.29 is 23.8 Å². The van der Waals surface area contributed by atoms with Gasteiger partial charge in [-0.1, -0.05) is 13.8 Å². The van der Waals surface area contributed by atoms with E-state index in [4.69, 9.17) is 14.2 Å². The summed E-state index contributed by atoms with van der Waals surface area (Å²) >= 11 is 0. The normalized spacial score (nSPS) is 62.1. The molecule has 1 spiro atoms. The van der Waals surface area contributed by atoms with Gasteiger partial charge in [0.25, 0.3) is 0 Å². The van der Waals surface area contributed by atoms with Crippen LogP contribution in [0, 0.1) is 28.1 Å². The molecule has 2 aliphatic carbocycles. The number of epoxide rings is 1. The molecule has 0 aromatic carbocycles. The van der Waals surface area contributed by atoms with Crippen LogP contribution in [0.2, 0.25) is 0 Å². The monoisotopic (exact) mass is 278 g/mol. The number of hydrogen-bond donors (Lipinski definition) is 0. The van der Waals surface area contributed by atoms with E-state index in [1.807, 2.05) is 0 Å². The Hall–Kier alpha value is -1.10. The summed E-state index contributed by atoms with van der Waals surface area (Å²) in [6.07, 6.45) is 2.14. The van der Waals surface area contributed by atoms with E-state index in [0.717, 1.165) is 12.8 Å². The van der Waals surface area contributed by atoms with Crippen LogP contribution >= 0.6 is 0 Å². The van der Waals surface area contributed by atoms with Gasteiger partial charge in [-0.15, -0.1) is 0 Å². The highest BCUT2D eigenvalue weighted by Gasteiger charge is 2.85. The van der Waals surface area contributed by atoms with Crippen molar-refractivity contribution in [3.05, 3.63) is 0 Å². The predicted molar refractivity (Wildman–Crippen MR) is 65.2 cm³/mol. The van der Waals surface area contributed by atoms with Crippen LogP contribution in [0.5, 0.6) is 0 Å². The summed E-state index contributed by atoms with van der Waals surface area (Å²) in [7, 11) is 0. The summed E-state index contributed by atoms with van der Waals surface area (Å²) in [5.74, 6) is -0.376. The Morgan fingerprint density at radius 3 is 2.80 bits per heavy atom. The minimum absolute atomic E-state index is 0.0779. The van der Waals surface area contributed by atoms with Gasteiger partial charge in [0.15, 0.2) is 0 Å². The third kappa shape index (κ3) is 0.874. The van der Waals surface area contributed by atoms with Gasteiger partial charge in [0, 0.05) is 5.41 Å². The number of carbonyl (C=O) groups is 2. The van der Waals surface area contributed by atoms with Crippen LogP contribution in [0.4, 0.5) is 0 Å². The second kappa shape index (κ2) is 2.91. The molecule has 0 aromatic rings. The summed E-state index contributed by atoms with van der Waals surface area (Å²) in [6.45, 7) is 4.86. The molecule has 0 amide bonds. The number of hydrogen-bond acceptors (Lipinski definition) is 5. The van der Waals surface area contributed by atoms with Crippen molar-refractivity contribution in [3.63, 3.8) is 0 Å². The van der Waals surface area contributed by atoms with Gasteiger partial charge in [0.05, 0.1) is 12.5 Å². The Morgan fingerprint density at radius 1 is 1.30 bits per heavy atom. The van der Waals surface area contributed by atoms with Crippen LogP contribution < -0.4 is 0 Å². The summed E-state index contributed by atoms with van der Waals surface area (Å²) in [5, 5.41) is 0. The molecule has 2 saturated carbocycles. The summed E-state index contributed by atoms with van der Waals surface area (Å²) in [6, 6.07) is 0. The SMILES string of the molecule is CC1CCC2(C)C3C(=O)OCC12CC31C(=O)OC2OC21. The fourth-order valence-electron chi connectivity index (χ4n) is 6.06. The fourth-order valence-corrected chi connectivity index (χ4v) is 6.06. The van der Waals surface area contributed by atoms with E-state index in [0.29, 0.717) is 18.9 Å². The van der Waals surface area contributed by atoms with E-state index in [1.165, 1.54) is 0 Å². The zero-order valence-corrected chi connectivity index (χ0v) is 11.7. The largest absolute Gasteiger partial charge is 0.465 e. The van der Waals surface area contributed by atoms with E-state index in [2.05, 4.69) is 13.8 Å². The van der Waals surface area contributed by atoms with Crippen molar-refractivity contribution in [2.24, 2.45) is 28.1 Å². The molecule has 0 N–H and O–H groups in total. The lowest BCUT2D eigenvalue weighted by molar-refractivity contribution is -0.181. The van der Waals surface area contributed by atoms with Crippen molar-refractivity contribution in [1.29, 1.82) is 0 Å². The van der Waals surface area contributed by atoms with Crippen molar-refractivity contribution in [3.8, 4) is 0 Å². The van der Waals surface area contributed by atoms with E-state index in [-0.39, 0.29) is 28.9 Å². The van der Waals surface area contributed by atoms with E-state index >= 15 is 0 Å². The van der Waals surface area contributed by atoms with E-state index < -0.39 is 17.6 Å². The van der Waals surface area contributed by atoms with Crippen LogP contribution in [0.15, 0.2) is 0 Å². The second-order valence-electron chi connectivity index (χ2n) is 7.60. The van der Waals surface area contributed by atoms with Gasteiger partial charge in [-0.3, -0.25) is 9.59 Å². The number of cyclic esters (lactones) is 1. The first-order valence-electron chi connectivity index (χ1n) is 7.49. The summed E-state index contributed by atoms with van der Waals surface area (Å²) in [5.41, 5.74) is -1.01. The van der Waals surface area contributed by atoms with Crippen molar-refractivity contribution in [2.75, 3.05) is 6.61 Å². The van der Waals surface area contributed by atoms with Crippen LogP contribution in [0.1, 0.15) is 33.1 Å². The number of rotatable bonds is 0. The standard InChI is InChI=1S/C15H18O5/c1-7-3-4-13(2)8-10(16)18-6-14(7,13)5-15(8)9-11(19-9)20-12(15)17/h7-9,11H,3-6H2,1-2H3. The molecule has 20 heavy (non-hydrogen) atoms. The lowest BCUT2D eigenvalue weighted by atomic mass is 9.61. The Balaban J connectivity index is 1.75. The van der Waals surface area contributed by atoms with Gasteiger partial charge in [-0.25, -0.2) is 0 Å². The Labute approximate surface area is 116 Å². The molecule has 7 unspecified atom stereocenters. The number of carbonyl (C=O) groups excluding carboxylic acids is 2. The first-order chi connectivity index (χ1) is 9.46. The molecule has 3 heterocycles. The molecule has 108 valence electrons. The molecule has 0 aromatic heterocycles. The maximum atomic E-state index is 12.5. The Bertz CT molecular complexity index is 558. The van der Waals surface area contributed by atoms with Gasteiger partial charge in [0.1, 0.15) is 11.5 Å². The Morgan fingerprint density at radius 2 is 2.10 bits per heavy atom. The minimum atomic E-state index is -0.776. The van der Waals surface area contributed by atoms with Crippen LogP contribution in [-0.2, 0) is 23.8 Å². The Kier molecular flexibility index (Phi) is 1.68. The van der Waals surface area contributed by atoms with Crippen LogP contribution in [0.25, 0.3) is 0 Å². The number of fused-ring (bicyclic) bond motifs is 3. The molecule has 3 saturated heterocycles. The first kappa shape index (κ1) is 11.5. The summed E-state index contributed by atoms with van der Waals surface area (Å²) in [4.78, 5) is 25.0. The lowest BCUT2D eigenvalue weighted by Gasteiger charge is -2.46. The molecular weight excluding hydrogens is 260 g/mol. The third-order valence-electron chi connectivity index (χ3n) is 7.21. The van der Waals surface area contributed by atoms with Gasteiger partial charge in [-0.2, -0.15) is 0 Å². The first-order valence-corrected chi connectivity index (χ1v) is 7.49. The molecule has 5 heteroatoms. The molecule has 3 aliphatic heterocycles. The lowest BCUT2D eigenvalue weighted by Crippen LogP contribution is -2.51. The predicted octanol–water partition coefficient (Wildman–Crippen LogP) is 1.25. The molecule has 2 bridgehead atoms. The van der Waals surface area contributed by atoms with Gasteiger partial charge in [0.2, 0.25) is 6.29 Å². The van der Waals surface area contributed by atoms with Gasteiger partial charge >= 0.3 is 11.9 Å². The molecule has 5 fully saturated rings. The van der Waals surface area contributed by atoms with Crippen LogP contribution in [-0.4, -0.2) is 30.9 Å². The maximum absolute atomic E-state index is 12.5. The van der Waals surface area contributed by atoms with E-state index in [1.54, 1.807) is 0 Å². The van der Waals surface area contributed by atoms with Crippen LogP contribution in [0.3, 0.4) is 0 Å². The third-order valence-corrected chi connectivity index (χ3v) is 7.21. The van der Waals surface area contributed by atoms with E-state index in [9.17, 15) is 9.59 Å². The van der Waals surface area contributed by atoms with Gasteiger partial charge < -0.3 is 14.2 Å². The summed E-state index contributed by atoms with van der Waals surface area (Å²) < 4.78 is 16.3. The highest BCUT2D eigenvalue weighted by Crippen LogP contribution is 2.78. The zero-order chi connectivity index (χ0) is 13.9. The zero-order valence-electron chi connectivity index (χ0n) is 11.7. The molecule has 7 atom stereocenters. The highest BCUT2D eigenvalue weighted by atomic mass is 16.8. The number of ether oxygens (including phenoxy) is 3. The average molecular weight is 278 g/mol. The smallest absolute Gasteiger partial charge is 0.318 e. The maximum Gasteiger partial charge on any atom is 0.318 e. The molecule has 5 rings (SSSR count). The topological polar surface area (TPSA) is 65.1 Å². The quantitative estimate of drug-likeness (QED) is 0.493. The van der Waals surface area contributed by atoms with Crippen molar-refractivity contribution >= 4 is 11.9 Å². The molecule has 5 aliphatic rings. The average Bonchev–Trinajstić information content (AvgIpc) is 3.01. The van der Waals surface area contributed by atoms with Gasteiger partial charge in [-0.05, 0) is 30.6 Å². The minimum Gasteiger partial charge on any atom is -0.465 e. The highest BCUT2D eigenvalue weighted by molar-refractivity contribution is 5.91. The molecule has 5 nitrogen and oxygen atoms in total. The molecular formula is C15H18O5. The fraction of sp³-hybridized carbons (Fsp3) is 0.867. The van der Waals surface area contributed by atoms with Crippen molar-refractivity contribution in [2.45, 2.75) is 45.5 Å². The molecule has 0 radical (unpaired) electrons. The van der Waals surface area contributed by atoms with Crippen molar-refractivity contribution in [1.82, 2.24) is 0 Å². The number of esters is 2. The second-order valence-corrected chi connectivity index (χ2v) is 7.60.